The highest BCUT2D eigenvalue weighted by Gasteiger charge is 2.48. The van der Waals surface area contributed by atoms with Gasteiger partial charge in [-0.05, 0) is 49.6 Å². The van der Waals surface area contributed by atoms with Gasteiger partial charge in [0.05, 0.1) is 11.3 Å². The van der Waals surface area contributed by atoms with Crippen LogP contribution in [0.1, 0.15) is 24.7 Å². The van der Waals surface area contributed by atoms with E-state index in [-0.39, 0.29) is 17.3 Å². The van der Waals surface area contributed by atoms with Crippen molar-refractivity contribution in [2.75, 3.05) is 0 Å². The Kier molecular flexibility index (Phi) is 4.04. The molecule has 0 amide bonds. The molecule has 30 heavy (non-hydrogen) atoms. The van der Waals surface area contributed by atoms with Crippen LogP contribution >= 0.6 is 0 Å². The normalized spacial score (nSPS) is 22.7. The maximum Gasteiger partial charge on any atom is 0.198 e. The second-order valence-corrected chi connectivity index (χ2v) is 8.04. The number of benzene rings is 1. The molecule has 0 radical (unpaired) electrons. The van der Waals surface area contributed by atoms with Crippen LogP contribution in [-0.4, -0.2) is 20.3 Å². The van der Waals surface area contributed by atoms with E-state index in [1.807, 2.05) is 36.4 Å². The maximum absolute atomic E-state index is 12.6. The van der Waals surface area contributed by atoms with Gasteiger partial charge in [-0.25, -0.2) is 4.98 Å². The number of rotatable bonds is 2. The van der Waals surface area contributed by atoms with Crippen LogP contribution in [0.5, 0.6) is 0 Å². The number of para-hydroxylation sites is 1. The Bertz CT molecular complexity index is 1250. The quantitative estimate of drug-likeness (QED) is 0.608. The molecule has 0 spiro atoms. The third-order valence-electron chi connectivity index (χ3n) is 6.35. The Hall–Kier alpha value is -3.78. The van der Waals surface area contributed by atoms with E-state index in [2.05, 4.69) is 41.3 Å². The van der Waals surface area contributed by atoms with E-state index < -0.39 is 5.41 Å². The van der Waals surface area contributed by atoms with Crippen molar-refractivity contribution in [3.63, 3.8) is 0 Å². The predicted molar refractivity (Wildman–Crippen MR) is 114 cm³/mol. The van der Waals surface area contributed by atoms with Gasteiger partial charge in [-0.2, -0.15) is 5.26 Å². The van der Waals surface area contributed by atoms with Crippen molar-refractivity contribution in [3.05, 3.63) is 90.0 Å². The van der Waals surface area contributed by atoms with Crippen molar-refractivity contribution >= 4 is 5.78 Å². The lowest BCUT2D eigenvalue weighted by Gasteiger charge is -2.42. The third kappa shape index (κ3) is 2.50. The molecule has 2 aliphatic rings. The number of aromatic nitrogens is 3. The zero-order valence-corrected chi connectivity index (χ0v) is 16.7. The number of pyridine rings is 1. The first kappa shape index (κ1) is 18.3. The van der Waals surface area contributed by atoms with Crippen LogP contribution in [0, 0.1) is 17.2 Å². The minimum atomic E-state index is -0.550. The zero-order valence-electron chi connectivity index (χ0n) is 16.7. The van der Waals surface area contributed by atoms with Crippen molar-refractivity contribution in [2.45, 2.75) is 25.2 Å². The van der Waals surface area contributed by atoms with E-state index in [9.17, 15) is 10.1 Å². The molecule has 0 saturated carbocycles. The molecule has 2 atom stereocenters. The fourth-order valence-corrected chi connectivity index (χ4v) is 4.90. The number of nitriles is 1. The van der Waals surface area contributed by atoms with Gasteiger partial charge in [0.25, 0.3) is 0 Å². The number of nitrogens with zero attached hydrogens (tertiary/aromatic N) is 4. The summed E-state index contributed by atoms with van der Waals surface area (Å²) in [6, 6.07) is 16.1. The lowest BCUT2D eigenvalue weighted by Crippen LogP contribution is -2.42. The van der Waals surface area contributed by atoms with Gasteiger partial charge in [0.1, 0.15) is 11.9 Å². The maximum atomic E-state index is 12.6. The van der Waals surface area contributed by atoms with Gasteiger partial charge in [0.15, 0.2) is 5.78 Å². The monoisotopic (exact) mass is 392 g/mol. The van der Waals surface area contributed by atoms with Crippen molar-refractivity contribution < 1.29 is 4.79 Å². The average molecular weight is 392 g/mol. The van der Waals surface area contributed by atoms with E-state index in [0.29, 0.717) is 5.57 Å². The van der Waals surface area contributed by atoms with Crippen molar-refractivity contribution in [1.82, 2.24) is 14.5 Å². The molecule has 0 unspecified atom stereocenters. The largest absolute Gasteiger partial charge is 0.296 e. The second kappa shape index (κ2) is 6.64. The topological polar surface area (TPSA) is 71.6 Å². The predicted octanol–water partition coefficient (Wildman–Crippen LogP) is 4.34. The molecule has 2 heterocycles. The van der Waals surface area contributed by atoms with Crippen LogP contribution in [-0.2, 0) is 16.6 Å². The standard InChI is InChI=1S/C25H20N4O/c1-16-20-8-9-21-23(25(20,2)14-18(15-26)22(16)30)28-24(17-10-12-27-13-11-17)29(21)19-6-4-3-5-7-19/h3-7,10-14,20H,1,8-9H2,2H3/t20-,25-/m1/s1. The molecule has 5 nitrogen and oxygen atoms in total. The van der Waals surface area contributed by atoms with Crippen molar-refractivity contribution in [1.29, 1.82) is 5.26 Å². The van der Waals surface area contributed by atoms with Gasteiger partial charge >= 0.3 is 0 Å². The molecule has 146 valence electrons. The molecule has 0 saturated heterocycles. The number of Topliss-reactive ketones (excluding diaryl/α,β-unsaturated/α-hetero) is 1. The second-order valence-electron chi connectivity index (χ2n) is 8.04. The van der Waals surface area contributed by atoms with Gasteiger partial charge in [0, 0.05) is 40.7 Å². The SMILES string of the molecule is C=C1C(=O)C(C#N)=C[C@@]2(C)c3nc(-c4ccncc4)n(-c4ccccc4)c3CC[C@H]12. The lowest BCUT2D eigenvalue weighted by atomic mass is 9.60. The van der Waals surface area contributed by atoms with E-state index in [0.717, 1.165) is 41.3 Å². The van der Waals surface area contributed by atoms with Gasteiger partial charge in [0.2, 0.25) is 0 Å². The summed E-state index contributed by atoms with van der Waals surface area (Å²) in [6.45, 7) is 6.13. The lowest BCUT2D eigenvalue weighted by molar-refractivity contribution is -0.113. The van der Waals surface area contributed by atoms with Crippen LogP contribution in [0.3, 0.4) is 0 Å². The van der Waals surface area contributed by atoms with E-state index in [1.54, 1.807) is 12.4 Å². The zero-order chi connectivity index (χ0) is 20.9. The Morgan fingerprint density at radius 3 is 2.63 bits per heavy atom. The minimum Gasteiger partial charge on any atom is -0.296 e. The highest BCUT2D eigenvalue weighted by Crippen LogP contribution is 2.50. The van der Waals surface area contributed by atoms with Crippen LogP contribution < -0.4 is 0 Å². The first-order valence-electron chi connectivity index (χ1n) is 9.99. The van der Waals surface area contributed by atoms with Crippen molar-refractivity contribution in [2.24, 2.45) is 5.92 Å². The molecule has 2 aliphatic carbocycles. The third-order valence-corrected chi connectivity index (χ3v) is 6.35. The molecule has 0 fully saturated rings. The number of hydrogen-bond acceptors (Lipinski definition) is 4. The number of hydrogen-bond donors (Lipinski definition) is 0. The Balaban J connectivity index is 1.81. The van der Waals surface area contributed by atoms with E-state index in [1.165, 1.54) is 0 Å². The van der Waals surface area contributed by atoms with Gasteiger partial charge < -0.3 is 0 Å². The molecule has 0 N–H and O–H groups in total. The van der Waals surface area contributed by atoms with Crippen LogP contribution in [0.25, 0.3) is 17.1 Å². The van der Waals surface area contributed by atoms with Gasteiger partial charge in [-0.15, -0.1) is 0 Å². The molecular formula is C25H20N4O. The number of ketones is 1. The van der Waals surface area contributed by atoms with Crippen molar-refractivity contribution in [3.8, 4) is 23.1 Å². The summed E-state index contributed by atoms with van der Waals surface area (Å²) in [4.78, 5) is 21.8. The average Bonchev–Trinajstić information content (AvgIpc) is 3.18. The van der Waals surface area contributed by atoms with Crippen LogP contribution in [0.15, 0.2) is 78.7 Å². The summed E-state index contributed by atoms with van der Waals surface area (Å²) >= 11 is 0. The molecular weight excluding hydrogens is 372 g/mol. The molecule has 2 aromatic heterocycles. The highest BCUT2D eigenvalue weighted by molar-refractivity contribution is 6.12. The number of carbonyl (C=O) groups is 1. The number of allylic oxidation sites excluding steroid dienone is 3. The number of fused-ring (bicyclic) bond motifs is 3. The Morgan fingerprint density at radius 2 is 1.93 bits per heavy atom. The molecule has 0 aliphatic heterocycles. The number of imidazole rings is 1. The van der Waals surface area contributed by atoms with E-state index >= 15 is 0 Å². The summed E-state index contributed by atoms with van der Waals surface area (Å²) in [6.07, 6.45) is 6.91. The summed E-state index contributed by atoms with van der Waals surface area (Å²) in [5, 5.41) is 9.53. The minimum absolute atomic E-state index is 0.0565. The molecule has 3 aromatic rings. The smallest absolute Gasteiger partial charge is 0.198 e. The summed E-state index contributed by atoms with van der Waals surface area (Å²) in [7, 11) is 0. The van der Waals surface area contributed by atoms with Crippen LogP contribution in [0.2, 0.25) is 0 Å². The van der Waals surface area contributed by atoms with Gasteiger partial charge in [-0.3, -0.25) is 14.3 Å². The Morgan fingerprint density at radius 1 is 1.20 bits per heavy atom. The first-order valence-corrected chi connectivity index (χ1v) is 9.99. The fourth-order valence-electron chi connectivity index (χ4n) is 4.90. The summed E-state index contributed by atoms with van der Waals surface area (Å²) in [5.41, 5.74) is 4.16. The number of carbonyl (C=O) groups excluding carboxylic acids is 1. The summed E-state index contributed by atoms with van der Waals surface area (Å²) < 4.78 is 2.20. The molecule has 5 heteroatoms. The van der Waals surface area contributed by atoms with Gasteiger partial charge in [-0.1, -0.05) is 30.9 Å². The molecule has 0 bridgehead atoms. The highest BCUT2D eigenvalue weighted by atomic mass is 16.1. The summed E-state index contributed by atoms with van der Waals surface area (Å²) in [5.74, 6) is 0.546. The van der Waals surface area contributed by atoms with E-state index in [4.69, 9.17) is 4.98 Å². The fraction of sp³-hybridized carbons (Fsp3) is 0.200. The Labute approximate surface area is 175 Å². The first-order chi connectivity index (χ1) is 14.5. The molecule has 1 aromatic carbocycles. The van der Waals surface area contributed by atoms with Crippen LogP contribution in [0.4, 0.5) is 0 Å². The molecule has 5 rings (SSSR count).